The van der Waals surface area contributed by atoms with Crippen LogP contribution in [0.2, 0.25) is 6.32 Å². The van der Waals surface area contributed by atoms with Crippen LogP contribution < -0.4 is 57.1 Å². The fraction of sp³-hybridized carbons (Fsp3) is 1.00. The minimum atomic E-state index is -4.65. The fourth-order valence-electron chi connectivity index (χ4n) is 0.536. The van der Waals surface area contributed by atoms with Gasteiger partial charge in [0.2, 0.25) is 0 Å². The van der Waals surface area contributed by atoms with Crippen molar-refractivity contribution >= 4 is 6.98 Å². The Labute approximate surface area is 108 Å². The van der Waals surface area contributed by atoms with Gasteiger partial charge in [0.05, 0.1) is 0 Å². The molecule has 0 rings (SSSR count). The predicted octanol–water partition coefficient (Wildman–Crippen LogP) is -1.03. The maximum Gasteiger partial charge on any atom is 1.00 e. The molecule has 0 heterocycles. The van der Waals surface area contributed by atoms with Crippen LogP contribution in [-0.4, -0.2) is 12.5 Å². The molecule has 0 aliphatic heterocycles. The zero-order valence-corrected chi connectivity index (χ0v) is 10.3. The third-order valence-electron chi connectivity index (χ3n) is 1.12. The largest absolute Gasteiger partial charge is 1.00 e. The maximum absolute atomic E-state index is 11.6. The van der Waals surface area contributed by atoms with Crippen molar-refractivity contribution in [2.75, 3.05) is 0 Å². The molecule has 0 spiro atoms. The Bertz CT molecular complexity index is 95.3. The average molecular weight is 193 g/mol. The summed E-state index contributed by atoms with van der Waals surface area (Å²) in [5, 5.41) is 0. The first-order chi connectivity index (χ1) is 4.21. The summed E-state index contributed by atoms with van der Waals surface area (Å²) in [5.74, 6) is 0. The van der Waals surface area contributed by atoms with E-state index in [9.17, 15) is 12.9 Å². The fourth-order valence-corrected chi connectivity index (χ4v) is 0.536. The van der Waals surface area contributed by atoms with E-state index in [2.05, 4.69) is 0 Å². The standard InChI is InChI=1S/C5H12BF3N.K/c1-5(2,10)3-4-6(7,8)9;/h3-4,10H2,1-2H3;/q-1;+1. The van der Waals surface area contributed by atoms with Crippen molar-refractivity contribution in [1.29, 1.82) is 0 Å². The Morgan fingerprint density at radius 3 is 1.73 bits per heavy atom. The molecule has 11 heavy (non-hydrogen) atoms. The number of hydrogen-bond acceptors (Lipinski definition) is 1. The zero-order chi connectivity index (χ0) is 8.41. The summed E-state index contributed by atoms with van der Waals surface area (Å²) >= 11 is 0. The molecule has 6 heteroatoms. The number of nitrogens with two attached hydrogens (primary N) is 1. The smallest absolute Gasteiger partial charge is 0.449 e. The molecule has 0 atom stereocenters. The van der Waals surface area contributed by atoms with E-state index in [4.69, 9.17) is 5.73 Å². The number of halogens is 3. The second kappa shape index (κ2) is 5.24. The van der Waals surface area contributed by atoms with E-state index in [-0.39, 0.29) is 57.8 Å². The van der Waals surface area contributed by atoms with Crippen molar-refractivity contribution in [2.45, 2.75) is 32.1 Å². The van der Waals surface area contributed by atoms with Crippen LogP contribution in [0.15, 0.2) is 0 Å². The molecule has 0 unspecified atom stereocenters. The van der Waals surface area contributed by atoms with E-state index in [0.29, 0.717) is 0 Å². The Morgan fingerprint density at radius 1 is 1.27 bits per heavy atom. The first-order valence-electron chi connectivity index (χ1n) is 3.21. The van der Waals surface area contributed by atoms with Gasteiger partial charge in [0, 0.05) is 5.54 Å². The van der Waals surface area contributed by atoms with Crippen molar-refractivity contribution in [2.24, 2.45) is 5.73 Å². The van der Waals surface area contributed by atoms with E-state index < -0.39 is 18.8 Å². The quantitative estimate of drug-likeness (QED) is 0.569. The van der Waals surface area contributed by atoms with Gasteiger partial charge < -0.3 is 18.7 Å². The van der Waals surface area contributed by atoms with Gasteiger partial charge in [-0.05, 0) is 13.8 Å². The Hall–Kier alpha value is 1.45. The molecule has 0 radical (unpaired) electrons. The molecule has 0 aromatic carbocycles. The molecule has 0 fully saturated rings. The van der Waals surface area contributed by atoms with Crippen molar-refractivity contribution in [1.82, 2.24) is 0 Å². The van der Waals surface area contributed by atoms with Crippen LogP contribution in [0.1, 0.15) is 20.3 Å². The van der Waals surface area contributed by atoms with Gasteiger partial charge >= 0.3 is 58.4 Å². The summed E-state index contributed by atoms with van der Waals surface area (Å²) in [6.45, 7) is -1.46. The molecule has 1 nitrogen and oxygen atoms in total. The maximum atomic E-state index is 11.6. The molecule has 0 aliphatic carbocycles. The minimum absolute atomic E-state index is 0. The van der Waals surface area contributed by atoms with E-state index in [0.717, 1.165) is 0 Å². The van der Waals surface area contributed by atoms with Gasteiger partial charge in [0.15, 0.2) is 0 Å². The first-order valence-corrected chi connectivity index (χ1v) is 3.21. The minimum Gasteiger partial charge on any atom is -0.449 e. The van der Waals surface area contributed by atoms with Gasteiger partial charge in [0.1, 0.15) is 0 Å². The van der Waals surface area contributed by atoms with Crippen molar-refractivity contribution in [3.63, 3.8) is 0 Å². The van der Waals surface area contributed by atoms with Crippen molar-refractivity contribution in [3.8, 4) is 0 Å². The van der Waals surface area contributed by atoms with Gasteiger partial charge in [-0.1, -0.05) is 12.7 Å². The van der Waals surface area contributed by atoms with Gasteiger partial charge in [-0.2, -0.15) is 0 Å². The van der Waals surface area contributed by atoms with Gasteiger partial charge in [-0.25, -0.2) is 0 Å². The first kappa shape index (κ1) is 14.9. The summed E-state index contributed by atoms with van der Waals surface area (Å²) < 4.78 is 34.8. The molecular weight excluding hydrogens is 181 g/mol. The normalized spacial score (nSPS) is 12.5. The van der Waals surface area contributed by atoms with Crippen LogP contribution in [0, 0.1) is 0 Å². The van der Waals surface area contributed by atoms with Gasteiger partial charge in [0.25, 0.3) is 0 Å². The molecule has 0 amide bonds. The van der Waals surface area contributed by atoms with E-state index in [1.807, 2.05) is 0 Å². The topological polar surface area (TPSA) is 26.0 Å². The third-order valence-corrected chi connectivity index (χ3v) is 1.12. The molecule has 0 saturated carbocycles. The van der Waals surface area contributed by atoms with Crippen LogP contribution in [-0.2, 0) is 0 Å². The molecule has 0 bridgehead atoms. The van der Waals surface area contributed by atoms with E-state index in [1.54, 1.807) is 13.8 Å². The molecular formula is C5H12BF3KN. The SMILES string of the molecule is CC(C)(N)CC[B-](F)(F)F.[K+]. The second-order valence-corrected chi connectivity index (χ2v) is 3.24. The average Bonchev–Trinajstić information content (AvgIpc) is 1.57. The molecule has 0 aromatic rings. The van der Waals surface area contributed by atoms with Crippen LogP contribution in [0.3, 0.4) is 0 Å². The van der Waals surface area contributed by atoms with Crippen LogP contribution in [0.5, 0.6) is 0 Å². The summed E-state index contributed by atoms with van der Waals surface area (Å²) in [5.41, 5.74) is 4.66. The van der Waals surface area contributed by atoms with Gasteiger partial charge in [-0.15, -0.1) is 0 Å². The van der Waals surface area contributed by atoms with Crippen LogP contribution in [0.4, 0.5) is 12.9 Å². The Kier molecular flexibility index (Phi) is 7.12. The van der Waals surface area contributed by atoms with E-state index in [1.165, 1.54) is 0 Å². The molecule has 0 aliphatic rings. The monoisotopic (exact) mass is 193 g/mol. The third kappa shape index (κ3) is 14.3. The zero-order valence-electron chi connectivity index (χ0n) is 7.20. The molecule has 62 valence electrons. The second-order valence-electron chi connectivity index (χ2n) is 3.24. The predicted molar refractivity (Wildman–Crippen MR) is 36.8 cm³/mol. The number of hydrogen-bond donors (Lipinski definition) is 1. The summed E-state index contributed by atoms with van der Waals surface area (Å²) in [7, 11) is 0. The van der Waals surface area contributed by atoms with Crippen LogP contribution in [0.25, 0.3) is 0 Å². The number of rotatable bonds is 3. The Morgan fingerprint density at radius 2 is 1.64 bits per heavy atom. The molecule has 0 aromatic heterocycles. The van der Waals surface area contributed by atoms with E-state index >= 15 is 0 Å². The Balaban J connectivity index is 0. The summed E-state index contributed by atoms with van der Waals surface area (Å²) in [6, 6.07) is 0. The van der Waals surface area contributed by atoms with Crippen molar-refractivity contribution < 1.29 is 64.3 Å². The summed E-state index contributed by atoms with van der Waals surface area (Å²) in [4.78, 5) is 0. The van der Waals surface area contributed by atoms with Gasteiger partial charge in [-0.3, -0.25) is 0 Å². The summed E-state index contributed by atoms with van der Waals surface area (Å²) in [6.07, 6.45) is -0.722. The van der Waals surface area contributed by atoms with Crippen LogP contribution >= 0.6 is 0 Å². The molecule has 2 N–H and O–H groups in total. The van der Waals surface area contributed by atoms with Crippen molar-refractivity contribution in [3.05, 3.63) is 0 Å². The molecule has 0 saturated heterocycles.